The van der Waals surface area contributed by atoms with Crippen molar-refractivity contribution in [1.82, 2.24) is 9.97 Å². The smallest absolute Gasteiger partial charge is 0.161 e. The van der Waals surface area contributed by atoms with Crippen LogP contribution in [0.5, 0.6) is 0 Å². The Morgan fingerprint density at radius 1 is 1.30 bits per heavy atom. The van der Waals surface area contributed by atoms with Gasteiger partial charge < -0.3 is 5.32 Å². The molecule has 20 heavy (non-hydrogen) atoms. The lowest BCUT2D eigenvalue weighted by atomic mass is 10.1. The molecular weight excluding hydrogens is 429 g/mol. The molecule has 0 bridgehead atoms. The second-order valence-electron chi connectivity index (χ2n) is 5.01. The summed E-state index contributed by atoms with van der Waals surface area (Å²) in [6, 6.07) is 8.08. The van der Waals surface area contributed by atoms with Crippen molar-refractivity contribution < 1.29 is 0 Å². The van der Waals surface area contributed by atoms with Gasteiger partial charge in [-0.25, -0.2) is 9.97 Å². The Kier molecular flexibility index (Phi) is 5.37. The van der Waals surface area contributed by atoms with Gasteiger partial charge in [0.1, 0.15) is 5.82 Å². The van der Waals surface area contributed by atoms with Crippen molar-refractivity contribution in [2.75, 3.05) is 12.4 Å². The Bertz CT molecular complexity index is 614. The monoisotopic (exact) mass is 445 g/mol. The van der Waals surface area contributed by atoms with E-state index in [1.807, 2.05) is 31.3 Å². The zero-order valence-corrected chi connectivity index (χ0v) is 15.5. The van der Waals surface area contributed by atoms with Gasteiger partial charge in [0.05, 0.1) is 9.26 Å². The van der Waals surface area contributed by atoms with E-state index in [9.17, 15) is 0 Å². The summed E-state index contributed by atoms with van der Waals surface area (Å²) >= 11 is 5.82. The fourth-order valence-corrected chi connectivity index (χ4v) is 3.07. The minimum atomic E-state index is 0.568. The van der Waals surface area contributed by atoms with E-state index >= 15 is 0 Å². The molecule has 3 nitrogen and oxygen atoms in total. The summed E-state index contributed by atoms with van der Waals surface area (Å²) < 4.78 is 2.14. The summed E-state index contributed by atoms with van der Waals surface area (Å²) in [4.78, 5) is 9.37. The first kappa shape index (κ1) is 15.7. The molecule has 0 radical (unpaired) electrons. The Morgan fingerprint density at radius 2 is 2.05 bits per heavy atom. The van der Waals surface area contributed by atoms with Crippen LogP contribution in [0.15, 0.2) is 28.7 Å². The van der Waals surface area contributed by atoms with Crippen molar-refractivity contribution in [2.45, 2.75) is 20.3 Å². The molecular formula is C15H17BrIN3. The van der Waals surface area contributed by atoms with Crippen molar-refractivity contribution in [3.05, 3.63) is 38.0 Å². The van der Waals surface area contributed by atoms with Crippen molar-refractivity contribution in [3.8, 4) is 11.4 Å². The molecule has 1 N–H and O–H groups in total. The molecule has 0 saturated heterocycles. The Hall–Kier alpha value is -0.690. The van der Waals surface area contributed by atoms with E-state index in [4.69, 9.17) is 4.98 Å². The number of nitrogens with zero attached hydrogens (tertiary/aromatic N) is 2. The average molecular weight is 446 g/mol. The van der Waals surface area contributed by atoms with Gasteiger partial charge in [0.15, 0.2) is 5.82 Å². The molecule has 5 heteroatoms. The van der Waals surface area contributed by atoms with E-state index in [0.29, 0.717) is 5.92 Å². The third-order valence-electron chi connectivity index (χ3n) is 2.84. The van der Waals surface area contributed by atoms with Crippen LogP contribution in [-0.2, 0) is 6.42 Å². The number of nitrogens with one attached hydrogen (secondary N) is 1. The standard InChI is InChI=1S/C15H17BrIN3/c1-9(2)7-12-13(17)15(18-3)20-14(19-12)10-5-4-6-11(16)8-10/h4-6,8-9H,7H2,1-3H3,(H,18,19,20). The topological polar surface area (TPSA) is 37.8 Å². The molecule has 0 atom stereocenters. The molecule has 2 rings (SSSR count). The summed E-state index contributed by atoms with van der Waals surface area (Å²) in [5.74, 6) is 2.23. The van der Waals surface area contributed by atoms with E-state index in [2.05, 4.69) is 62.7 Å². The number of hydrogen-bond donors (Lipinski definition) is 1. The maximum Gasteiger partial charge on any atom is 0.161 e. The lowest BCUT2D eigenvalue weighted by Gasteiger charge is -2.13. The van der Waals surface area contributed by atoms with Crippen LogP contribution in [0.3, 0.4) is 0 Å². The van der Waals surface area contributed by atoms with E-state index in [0.717, 1.165) is 37.4 Å². The van der Waals surface area contributed by atoms with Crippen molar-refractivity contribution in [1.29, 1.82) is 0 Å². The van der Waals surface area contributed by atoms with Crippen LogP contribution >= 0.6 is 38.5 Å². The maximum absolute atomic E-state index is 4.75. The molecule has 0 aliphatic rings. The van der Waals surface area contributed by atoms with Crippen LogP contribution in [0.2, 0.25) is 0 Å². The van der Waals surface area contributed by atoms with E-state index in [-0.39, 0.29) is 0 Å². The highest BCUT2D eigenvalue weighted by molar-refractivity contribution is 14.1. The van der Waals surface area contributed by atoms with Crippen LogP contribution in [0.1, 0.15) is 19.5 Å². The number of halogens is 2. The number of hydrogen-bond acceptors (Lipinski definition) is 3. The number of benzene rings is 1. The molecule has 1 aromatic heterocycles. The molecule has 0 aliphatic heterocycles. The van der Waals surface area contributed by atoms with Crippen LogP contribution in [0, 0.1) is 9.49 Å². The van der Waals surface area contributed by atoms with E-state index in [1.54, 1.807) is 0 Å². The summed E-state index contributed by atoms with van der Waals surface area (Å²) in [6.07, 6.45) is 0.955. The van der Waals surface area contributed by atoms with Gasteiger partial charge in [-0.3, -0.25) is 0 Å². The predicted octanol–water partition coefficient (Wildman–Crippen LogP) is 4.75. The second-order valence-corrected chi connectivity index (χ2v) is 7.01. The van der Waals surface area contributed by atoms with Gasteiger partial charge in [-0.15, -0.1) is 0 Å². The van der Waals surface area contributed by atoms with Gasteiger partial charge in [0, 0.05) is 17.1 Å². The zero-order valence-electron chi connectivity index (χ0n) is 11.7. The minimum absolute atomic E-state index is 0.568. The van der Waals surface area contributed by atoms with Gasteiger partial charge >= 0.3 is 0 Å². The SMILES string of the molecule is CNc1nc(-c2cccc(Br)c2)nc(CC(C)C)c1I. The molecule has 0 fully saturated rings. The Morgan fingerprint density at radius 3 is 2.65 bits per heavy atom. The first-order chi connectivity index (χ1) is 9.51. The number of aromatic nitrogens is 2. The molecule has 0 amide bonds. The number of anilines is 1. The first-order valence-corrected chi connectivity index (χ1v) is 8.38. The third-order valence-corrected chi connectivity index (χ3v) is 4.47. The first-order valence-electron chi connectivity index (χ1n) is 6.51. The molecule has 1 aromatic carbocycles. The van der Waals surface area contributed by atoms with Crippen LogP contribution in [0.4, 0.5) is 5.82 Å². The summed E-state index contributed by atoms with van der Waals surface area (Å²) in [5, 5.41) is 3.16. The van der Waals surface area contributed by atoms with Gasteiger partial charge in [-0.2, -0.15) is 0 Å². The predicted molar refractivity (Wildman–Crippen MR) is 96.0 cm³/mol. The fraction of sp³-hybridized carbons (Fsp3) is 0.333. The van der Waals surface area contributed by atoms with Gasteiger partial charge in [0.25, 0.3) is 0 Å². The van der Waals surface area contributed by atoms with Gasteiger partial charge in [0.2, 0.25) is 0 Å². The Balaban J connectivity index is 2.53. The second kappa shape index (κ2) is 6.85. The minimum Gasteiger partial charge on any atom is -0.372 e. The molecule has 0 spiro atoms. The maximum atomic E-state index is 4.75. The van der Waals surface area contributed by atoms with Crippen molar-refractivity contribution in [2.24, 2.45) is 5.92 Å². The van der Waals surface area contributed by atoms with E-state index in [1.165, 1.54) is 0 Å². The fourth-order valence-electron chi connectivity index (χ4n) is 1.94. The Labute approximate surface area is 141 Å². The quantitative estimate of drug-likeness (QED) is 0.690. The third kappa shape index (κ3) is 3.69. The molecule has 2 aromatic rings. The lowest BCUT2D eigenvalue weighted by Crippen LogP contribution is -2.07. The normalized spacial score (nSPS) is 10.9. The lowest BCUT2D eigenvalue weighted by molar-refractivity contribution is 0.632. The van der Waals surface area contributed by atoms with E-state index < -0.39 is 0 Å². The number of rotatable bonds is 4. The highest BCUT2D eigenvalue weighted by atomic mass is 127. The molecule has 1 heterocycles. The van der Waals surface area contributed by atoms with Crippen LogP contribution in [-0.4, -0.2) is 17.0 Å². The van der Waals surface area contributed by atoms with Crippen molar-refractivity contribution >= 4 is 44.3 Å². The molecule has 0 unspecified atom stereocenters. The molecule has 0 aliphatic carbocycles. The molecule has 0 saturated carbocycles. The highest BCUT2D eigenvalue weighted by Gasteiger charge is 2.13. The summed E-state index contributed by atoms with van der Waals surface area (Å²) in [6.45, 7) is 4.41. The van der Waals surface area contributed by atoms with Gasteiger partial charge in [-0.05, 0) is 47.1 Å². The zero-order chi connectivity index (χ0) is 14.7. The average Bonchev–Trinajstić information content (AvgIpc) is 2.40. The van der Waals surface area contributed by atoms with Crippen LogP contribution < -0.4 is 5.32 Å². The summed E-state index contributed by atoms with van der Waals surface area (Å²) in [7, 11) is 1.90. The summed E-state index contributed by atoms with van der Waals surface area (Å²) in [5.41, 5.74) is 2.13. The largest absolute Gasteiger partial charge is 0.372 e. The van der Waals surface area contributed by atoms with Gasteiger partial charge in [-0.1, -0.05) is 41.9 Å². The molecule has 106 valence electrons. The highest BCUT2D eigenvalue weighted by Crippen LogP contribution is 2.26. The van der Waals surface area contributed by atoms with Crippen LogP contribution in [0.25, 0.3) is 11.4 Å². The van der Waals surface area contributed by atoms with Crippen molar-refractivity contribution in [3.63, 3.8) is 0 Å².